The number of rotatable bonds is 4. The summed E-state index contributed by atoms with van der Waals surface area (Å²) in [6, 6.07) is 7.01. The van der Waals surface area contributed by atoms with Crippen molar-refractivity contribution in [2.45, 2.75) is 44.9 Å². The van der Waals surface area contributed by atoms with E-state index in [2.05, 4.69) is 40.0 Å². The Morgan fingerprint density at radius 1 is 1.41 bits per heavy atom. The second-order valence-electron chi connectivity index (χ2n) is 6.75. The van der Waals surface area contributed by atoms with Gasteiger partial charge in [-0.2, -0.15) is 0 Å². The van der Waals surface area contributed by atoms with E-state index in [0.717, 1.165) is 31.7 Å². The maximum Gasteiger partial charge on any atom is 0.237 e. The molecule has 0 spiro atoms. The number of amides is 1. The monoisotopic (exact) mass is 302 g/mol. The van der Waals surface area contributed by atoms with Gasteiger partial charge in [0.1, 0.15) is 0 Å². The predicted molar refractivity (Wildman–Crippen MR) is 86.2 cm³/mol. The summed E-state index contributed by atoms with van der Waals surface area (Å²) in [5.74, 6) is 0.757. The third kappa shape index (κ3) is 2.88. The Balaban J connectivity index is 1.68. The molecule has 22 heavy (non-hydrogen) atoms. The van der Waals surface area contributed by atoms with E-state index in [0.29, 0.717) is 18.0 Å². The summed E-state index contributed by atoms with van der Waals surface area (Å²) in [4.78, 5) is 21.5. The number of hydrogen-bond acceptors (Lipinski definition) is 4. The first-order chi connectivity index (χ1) is 10.6. The standard InChI is InChI=1S/C17H26N4O/c1-12(2)21-15(17(22)18-3)8-13-9-20(11-16(13)21)10-14-6-4-5-7-19-14/h4-7,12-13,15-16H,8-11H2,1-3H3,(H,18,22)/t13-,15-,16+/m0/s1. The average molecular weight is 302 g/mol. The lowest BCUT2D eigenvalue weighted by Gasteiger charge is -2.33. The van der Waals surface area contributed by atoms with Crippen molar-refractivity contribution in [3.05, 3.63) is 30.1 Å². The van der Waals surface area contributed by atoms with Gasteiger partial charge in [0.25, 0.3) is 0 Å². The SMILES string of the molecule is CNC(=O)[C@@H]1C[C@H]2CN(Cc3ccccn3)C[C@H]2N1C(C)C. The van der Waals surface area contributed by atoms with Gasteiger partial charge in [-0.25, -0.2) is 0 Å². The maximum absolute atomic E-state index is 12.2. The van der Waals surface area contributed by atoms with Crippen molar-refractivity contribution >= 4 is 5.91 Å². The molecule has 5 nitrogen and oxygen atoms in total. The Labute approximate surface area is 132 Å². The Hall–Kier alpha value is -1.46. The Bertz CT molecular complexity index is 519. The summed E-state index contributed by atoms with van der Waals surface area (Å²) in [6.07, 6.45) is 2.83. The maximum atomic E-state index is 12.2. The average Bonchev–Trinajstić information content (AvgIpc) is 3.03. The van der Waals surface area contributed by atoms with E-state index in [-0.39, 0.29) is 11.9 Å². The number of nitrogens with one attached hydrogen (secondary N) is 1. The van der Waals surface area contributed by atoms with Crippen LogP contribution in [0.25, 0.3) is 0 Å². The first-order valence-electron chi connectivity index (χ1n) is 8.21. The lowest BCUT2D eigenvalue weighted by atomic mass is 10.0. The predicted octanol–water partition coefficient (Wildman–Crippen LogP) is 1.11. The fourth-order valence-electron chi connectivity index (χ4n) is 4.15. The summed E-state index contributed by atoms with van der Waals surface area (Å²) >= 11 is 0. The van der Waals surface area contributed by atoms with E-state index in [4.69, 9.17) is 0 Å². The lowest BCUT2D eigenvalue weighted by Crippen LogP contribution is -2.50. The van der Waals surface area contributed by atoms with E-state index in [9.17, 15) is 4.79 Å². The summed E-state index contributed by atoms with van der Waals surface area (Å²) < 4.78 is 0. The van der Waals surface area contributed by atoms with Gasteiger partial charge in [-0.3, -0.25) is 19.6 Å². The van der Waals surface area contributed by atoms with Crippen molar-refractivity contribution in [3.63, 3.8) is 0 Å². The van der Waals surface area contributed by atoms with Gasteiger partial charge in [-0.05, 0) is 38.3 Å². The zero-order valence-corrected chi connectivity index (χ0v) is 13.7. The Kier molecular flexibility index (Phi) is 4.45. The topological polar surface area (TPSA) is 48.5 Å². The van der Waals surface area contributed by atoms with Gasteiger partial charge in [-0.1, -0.05) is 6.07 Å². The highest BCUT2D eigenvalue weighted by Crippen LogP contribution is 2.37. The number of nitrogens with zero attached hydrogens (tertiary/aromatic N) is 3. The molecule has 2 saturated heterocycles. The molecular weight excluding hydrogens is 276 g/mol. The van der Waals surface area contributed by atoms with E-state index in [1.807, 2.05) is 18.3 Å². The highest BCUT2D eigenvalue weighted by molar-refractivity contribution is 5.82. The van der Waals surface area contributed by atoms with Gasteiger partial charge >= 0.3 is 0 Å². The van der Waals surface area contributed by atoms with Gasteiger partial charge in [0.15, 0.2) is 0 Å². The molecule has 0 aromatic carbocycles. The number of hydrogen-bond donors (Lipinski definition) is 1. The van der Waals surface area contributed by atoms with E-state index in [1.54, 1.807) is 7.05 Å². The van der Waals surface area contributed by atoms with Crippen LogP contribution in [-0.4, -0.2) is 59.0 Å². The summed E-state index contributed by atoms with van der Waals surface area (Å²) in [5.41, 5.74) is 1.13. The van der Waals surface area contributed by atoms with E-state index < -0.39 is 0 Å². The molecule has 3 atom stereocenters. The Morgan fingerprint density at radius 2 is 2.23 bits per heavy atom. The van der Waals surface area contributed by atoms with Crippen molar-refractivity contribution in [3.8, 4) is 0 Å². The molecule has 0 bridgehead atoms. The molecule has 1 aromatic heterocycles. The van der Waals surface area contributed by atoms with Crippen LogP contribution in [0.5, 0.6) is 0 Å². The second kappa shape index (κ2) is 6.34. The second-order valence-corrected chi connectivity index (χ2v) is 6.75. The van der Waals surface area contributed by atoms with Gasteiger partial charge < -0.3 is 5.32 Å². The highest BCUT2D eigenvalue weighted by atomic mass is 16.2. The molecule has 2 aliphatic rings. The molecule has 2 fully saturated rings. The third-order valence-electron chi connectivity index (χ3n) is 5.01. The minimum Gasteiger partial charge on any atom is -0.358 e. The molecule has 0 saturated carbocycles. The zero-order chi connectivity index (χ0) is 15.7. The molecule has 3 rings (SSSR count). The van der Waals surface area contributed by atoms with Crippen LogP contribution >= 0.6 is 0 Å². The van der Waals surface area contributed by atoms with Crippen LogP contribution in [0, 0.1) is 5.92 Å². The largest absolute Gasteiger partial charge is 0.358 e. The number of likely N-dealkylation sites (tertiary alicyclic amines) is 2. The molecule has 3 heterocycles. The summed E-state index contributed by atoms with van der Waals surface area (Å²) in [5, 5.41) is 2.83. The fourth-order valence-corrected chi connectivity index (χ4v) is 4.15. The van der Waals surface area contributed by atoms with Crippen LogP contribution in [0.15, 0.2) is 24.4 Å². The molecule has 0 radical (unpaired) electrons. The number of pyridine rings is 1. The lowest BCUT2D eigenvalue weighted by molar-refractivity contribution is -0.126. The number of likely N-dealkylation sites (N-methyl/N-ethyl adjacent to an activating group) is 1. The van der Waals surface area contributed by atoms with Gasteiger partial charge in [0.05, 0.1) is 11.7 Å². The van der Waals surface area contributed by atoms with Crippen molar-refractivity contribution < 1.29 is 4.79 Å². The fraction of sp³-hybridized carbons (Fsp3) is 0.647. The van der Waals surface area contributed by atoms with Gasteiger partial charge in [0, 0.05) is 45.0 Å². The quantitative estimate of drug-likeness (QED) is 0.905. The van der Waals surface area contributed by atoms with Crippen molar-refractivity contribution in [2.75, 3.05) is 20.1 Å². The molecular formula is C17H26N4O. The molecule has 120 valence electrons. The van der Waals surface area contributed by atoms with Crippen LogP contribution in [0.4, 0.5) is 0 Å². The number of carbonyl (C=O) groups excluding carboxylic acids is 1. The zero-order valence-electron chi connectivity index (χ0n) is 13.7. The number of carbonyl (C=O) groups is 1. The first kappa shape index (κ1) is 15.4. The molecule has 1 N–H and O–H groups in total. The van der Waals surface area contributed by atoms with Gasteiger partial charge in [0.2, 0.25) is 5.91 Å². The van der Waals surface area contributed by atoms with Crippen molar-refractivity contribution in [1.29, 1.82) is 0 Å². The minimum atomic E-state index is 0.0389. The molecule has 0 unspecified atom stereocenters. The van der Waals surface area contributed by atoms with E-state index >= 15 is 0 Å². The smallest absolute Gasteiger partial charge is 0.237 e. The molecule has 1 aromatic rings. The first-order valence-corrected chi connectivity index (χ1v) is 8.21. The van der Waals surface area contributed by atoms with Crippen LogP contribution in [-0.2, 0) is 11.3 Å². The Morgan fingerprint density at radius 3 is 2.86 bits per heavy atom. The number of fused-ring (bicyclic) bond motifs is 1. The molecule has 1 amide bonds. The summed E-state index contributed by atoms with van der Waals surface area (Å²) in [7, 11) is 1.74. The molecule has 2 aliphatic heterocycles. The van der Waals surface area contributed by atoms with Crippen LogP contribution < -0.4 is 5.32 Å². The van der Waals surface area contributed by atoms with E-state index in [1.165, 1.54) is 0 Å². The molecule has 0 aliphatic carbocycles. The van der Waals surface area contributed by atoms with Crippen LogP contribution in [0.2, 0.25) is 0 Å². The van der Waals surface area contributed by atoms with Crippen LogP contribution in [0.1, 0.15) is 26.0 Å². The van der Waals surface area contributed by atoms with Gasteiger partial charge in [-0.15, -0.1) is 0 Å². The summed E-state index contributed by atoms with van der Waals surface area (Å²) in [6.45, 7) is 7.40. The van der Waals surface area contributed by atoms with Crippen molar-refractivity contribution in [1.82, 2.24) is 20.1 Å². The van der Waals surface area contributed by atoms with Crippen molar-refractivity contribution in [2.24, 2.45) is 5.92 Å². The number of aromatic nitrogens is 1. The van der Waals surface area contributed by atoms with Crippen LogP contribution in [0.3, 0.4) is 0 Å². The third-order valence-corrected chi connectivity index (χ3v) is 5.01. The minimum absolute atomic E-state index is 0.0389. The molecule has 5 heteroatoms. The normalized spacial score (nSPS) is 29.0. The highest BCUT2D eigenvalue weighted by Gasteiger charge is 2.49.